The SMILES string of the molecule is CCc1c(C(=O)NCc2ccccc2F)cnn1-c1ccc(F)cc1. The molecule has 0 unspecified atom stereocenters. The van der Waals surface area contributed by atoms with Crippen molar-refractivity contribution in [1.29, 1.82) is 0 Å². The lowest BCUT2D eigenvalue weighted by Crippen LogP contribution is -2.24. The second-order valence-corrected chi connectivity index (χ2v) is 5.52. The van der Waals surface area contributed by atoms with Crippen LogP contribution in [0, 0.1) is 11.6 Å². The lowest BCUT2D eigenvalue weighted by Gasteiger charge is -2.09. The van der Waals surface area contributed by atoms with E-state index in [0.717, 1.165) is 0 Å². The van der Waals surface area contributed by atoms with Crippen LogP contribution in [-0.2, 0) is 13.0 Å². The van der Waals surface area contributed by atoms with E-state index < -0.39 is 0 Å². The van der Waals surface area contributed by atoms with Gasteiger partial charge in [0.25, 0.3) is 5.91 Å². The van der Waals surface area contributed by atoms with Gasteiger partial charge >= 0.3 is 0 Å². The van der Waals surface area contributed by atoms with Crippen molar-refractivity contribution in [3.05, 3.63) is 83.2 Å². The zero-order chi connectivity index (χ0) is 17.8. The quantitative estimate of drug-likeness (QED) is 0.770. The molecular formula is C19H17F2N3O. The van der Waals surface area contributed by atoms with Crippen molar-refractivity contribution < 1.29 is 13.6 Å². The molecule has 0 saturated heterocycles. The zero-order valence-corrected chi connectivity index (χ0v) is 13.7. The van der Waals surface area contributed by atoms with Gasteiger partial charge in [0.2, 0.25) is 0 Å². The number of amides is 1. The van der Waals surface area contributed by atoms with Crippen molar-refractivity contribution in [1.82, 2.24) is 15.1 Å². The molecule has 0 aliphatic heterocycles. The highest BCUT2D eigenvalue weighted by atomic mass is 19.1. The van der Waals surface area contributed by atoms with Crippen LogP contribution in [0.2, 0.25) is 0 Å². The van der Waals surface area contributed by atoms with Gasteiger partial charge in [-0.25, -0.2) is 13.5 Å². The molecule has 3 aromatic rings. The number of rotatable bonds is 5. The first-order valence-corrected chi connectivity index (χ1v) is 7.94. The van der Waals surface area contributed by atoms with Crippen LogP contribution in [0.25, 0.3) is 5.69 Å². The fourth-order valence-electron chi connectivity index (χ4n) is 2.62. The predicted molar refractivity (Wildman–Crippen MR) is 90.5 cm³/mol. The number of carbonyl (C=O) groups excluding carboxylic acids is 1. The topological polar surface area (TPSA) is 46.9 Å². The Morgan fingerprint density at radius 1 is 1.12 bits per heavy atom. The van der Waals surface area contributed by atoms with Crippen LogP contribution in [0.15, 0.2) is 54.7 Å². The normalized spacial score (nSPS) is 10.7. The molecule has 25 heavy (non-hydrogen) atoms. The summed E-state index contributed by atoms with van der Waals surface area (Å²) in [5, 5.41) is 6.95. The minimum Gasteiger partial charge on any atom is -0.348 e. The molecule has 3 rings (SSSR count). The Kier molecular flexibility index (Phi) is 4.88. The predicted octanol–water partition coefficient (Wildman–Crippen LogP) is 3.64. The largest absolute Gasteiger partial charge is 0.348 e. The summed E-state index contributed by atoms with van der Waals surface area (Å²) in [6.07, 6.45) is 2.04. The number of carbonyl (C=O) groups is 1. The molecule has 0 aliphatic rings. The number of nitrogens with zero attached hydrogens (tertiary/aromatic N) is 2. The maximum absolute atomic E-state index is 13.6. The number of nitrogens with one attached hydrogen (secondary N) is 1. The smallest absolute Gasteiger partial charge is 0.255 e. The van der Waals surface area contributed by atoms with E-state index in [0.29, 0.717) is 28.9 Å². The summed E-state index contributed by atoms with van der Waals surface area (Å²) in [6.45, 7) is 2.00. The highest BCUT2D eigenvalue weighted by molar-refractivity contribution is 5.95. The molecular weight excluding hydrogens is 324 g/mol. The lowest BCUT2D eigenvalue weighted by molar-refractivity contribution is 0.0949. The molecule has 0 atom stereocenters. The number of aromatic nitrogens is 2. The fourth-order valence-corrected chi connectivity index (χ4v) is 2.62. The van der Waals surface area contributed by atoms with Crippen LogP contribution in [0.4, 0.5) is 8.78 Å². The average molecular weight is 341 g/mol. The summed E-state index contributed by atoms with van der Waals surface area (Å²) in [5.74, 6) is -1.02. The van der Waals surface area contributed by atoms with E-state index in [1.807, 2.05) is 6.92 Å². The Morgan fingerprint density at radius 2 is 1.84 bits per heavy atom. The molecule has 1 amide bonds. The van der Waals surface area contributed by atoms with E-state index >= 15 is 0 Å². The molecule has 128 valence electrons. The Labute approximate surface area is 144 Å². The Bertz CT molecular complexity index is 888. The van der Waals surface area contributed by atoms with Gasteiger partial charge < -0.3 is 5.32 Å². The van der Waals surface area contributed by atoms with Gasteiger partial charge in [0.15, 0.2) is 0 Å². The van der Waals surface area contributed by atoms with E-state index in [1.54, 1.807) is 35.0 Å². The molecule has 6 heteroatoms. The second kappa shape index (κ2) is 7.25. The molecule has 0 fully saturated rings. The van der Waals surface area contributed by atoms with Gasteiger partial charge in [-0.1, -0.05) is 25.1 Å². The standard InChI is InChI=1S/C19H17F2N3O/c1-2-18-16(12-23-24(18)15-9-7-14(20)8-10-15)19(25)22-11-13-5-3-4-6-17(13)21/h3-10,12H,2,11H2,1H3,(H,22,25). The lowest BCUT2D eigenvalue weighted by atomic mass is 10.1. The van der Waals surface area contributed by atoms with Gasteiger partial charge in [-0.3, -0.25) is 4.79 Å². The summed E-state index contributed by atoms with van der Waals surface area (Å²) in [4.78, 5) is 12.5. The molecule has 0 bridgehead atoms. The minimum atomic E-state index is -0.361. The number of halogens is 2. The number of hydrogen-bond donors (Lipinski definition) is 1. The van der Waals surface area contributed by atoms with Gasteiger partial charge in [-0.05, 0) is 36.8 Å². The van der Waals surface area contributed by atoms with Crippen molar-refractivity contribution in [2.75, 3.05) is 0 Å². The van der Waals surface area contributed by atoms with Gasteiger partial charge in [0.1, 0.15) is 11.6 Å². The molecule has 2 aromatic carbocycles. The monoisotopic (exact) mass is 341 g/mol. The third kappa shape index (κ3) is 3.57. The molecule has 0 radical (unpaired) electrons. The first-order chi connectivity index (χ1) is 12.1. The van der Waals surface area contributed by atoms with Crippen LogP contribution in [0.5, 0.6) is 0 Å². The fraction of sp³-hybridized carbons (Fsp3) is 0.158. The van der Waals surface area contributed by atoms with Gasteiger partial charge in [0, 0.05) is 12.1 Å². The zero-order valence-electron chi connectivity index (χ0n) is 13.7. The van der Waals surface area contributed by atoms with Gasteiger partial charge in [-0.2, -0.15) is 5.10 Å². The van der Waals surface area contributed by atoms with Crippen molar-refractivity contribution in [2.45, 2.75) is 19.9 Å². The Hall–Kier alpha value is -3.02. The van der Waals surface area contributed by atoms with Crippen LogP contribution in [0.3, 0.4) is 0 Å². The molecule has 1 heterocycles. The summed E-state index contributed by atoms with van der Waals surface area (Å²) < 4.78 is 28.3. The van der Waals surface area contributed by atoms with E-state index in [4.69, 9.17) is 0 Å². The molecule has 0 aliphatic carbocycles. The molecule has 1 aromatic heterocycles. The highest BCUT2D eigenvalue weighted by Gasteiger charge is 2.17. The van der Waals surface area contributed by atoms with E-state index in [1.165, 1.54) is 24.4 Å². The summed E-state index contributed by atoms with van der Waals surface area (Å²) in [7, 11) is 0. The van der Waals surface area contributed by atoms with E-state index in [9.17, 15) is 13.6 Å². The summed E-state index contributed by atoms with van der Waals surface area (Å²) >= 11 is 0. The molecule has 1 N–H and O–H groups in total. The van der Waals surface area contributed by atoms with Crippen molar-refractivity contribution in [3.8, 4) is 5.69 Å². The van der Waals surface area contributed by atoms with E-state index in [2.05, 4.69) is 10.4 Å². The Morgan fingerprint density at radius 3 is 2.52 bits per heavy atom. The van der Waals surface area contributed by atoms with Crippen LogP contribution < -0.4 is 5.32 Å². The maximum atomic E-state index is 13.6. The molecule has 0 spiro atoms. The third-order valence-corrected chi connectivity index (χ3v) is 3.92. The highest BCUT2D eigenvalue weighted by Crippen LogP contribution is 2.17. The molecule has 4 nitrogen and oxygen atoms in total. The average Bonchev–Trinajstić information content (AvgIpc) is 3.05. The van der Waals surface area contributed by atoms with Gasteiger partial charge in [0.05, 0.1) is 23.1 Å². The Balaban J connectivity index is 1.81. The first kappa shape index (κ1) is 16.8. The van der Waals surface area contributed by atoms with E-state index in [-0.39, 0.29) is 24.1 Å². The van der Waals surface area contributed by atoms with Crippen molar-refractivity contribution in [3.63, 3.8) is 0 Å². The van der Waals surface area contributed by atoms with Crippen LogP contribution in [0.1, 0.15) is 28.5 Å². The van der Waals surface area contributed by atoms with Crippen molar-refractivity contribution in [2.24, 2.45) is 0 Å². The second-order valence-electron chi connectivity index (χ2n) is 5.52. The minimum absolute atomic E-state index is 0.0936. The number of hydrogen-bond acceptors (Lipinski definition) is 2. The van der Waals surface area contributed by atoms with Gasteiger partial charge in [-0.15, -0.1) is 0 Å². The summed E-state index contributed by atoms with van der Waals surface area (Å²) in [5.41, 5.74) is 2.21. The maximum Gasteiger partial charge on any atom is 0.255 e. The van der Waals surface area contributed by atoms with Crippen LogP contribution >= 0.6 is 0 Å². The molecule has 0 saturated carbocycles. The van der Waals surface area contributed by atoms with Crippen molar-refractivity contribution >= 4 is 5.91 Å². The van der Waals surface area contributed by atoms with Crippen LogP contribution in [-0.4, -0.2) is 15.7 Å². The third-order valence-electron chi connectivity index (χ3n) is 3.92. The first-order valence-electron chi connectivity index (χ1n) is 7.94. The summed E-state index contributed by atoms with van der Waals surface area (Å²) in [6, 6.07) is 12.2. The number of benzene rings is 2.